The molecule has 0 saturated carbocycles. The van der Waals surface area contributed by atoms with Crippen molar-refractivity contribution in [1.29, 1.82) is 0 Å². The van der Waals surface area contributed by atoms with Crippen LogP contribution in [0, 0.1) is 0 Å². The molecule has 0 spiro atoms. The Labute approximate surface area is 96.9 Å². The van der Waals surface area contributed by atoms with Gasteiger partial charge in [0.15, 0.2) is 4.21 Å². The van der Waals surface area contributed by atoms with Gasteiger partial charge in [0.1, 0.15) is 11.8 Å². The van der Waals surface area contributed by atoms with Crippen molar-refractivity contribution >= 4 is 27.3 Å². The van der Waals surface area contributed by atoms with E-state index in [0.717, 1.165) is 11.3 Å². The number of nitrogens with one attached hydrogen (secondary N) is 1. The lowest BCUT2D eigenvalue weighted by Gasteiger charge is -2.09. The number of carbonyl (C=O) groups is 1. The number of hydrogen-bond donors (Lipinski definition) is 2. The SMILES string of the molecule is COc1ccsc1S(=O)(=O)NC(C)C(=O)O. The van der Waals surface area contributed by atoms with Crippen molar-refractivity contribution in [3.8, 4) is 5.75 Å². The zero-order chi connectivity index (χ0) is 12.3. The van der Waals surface area contributed by atoms with Crippen LogP contribution in [-0.4, -0.2) is 32.6 Å². The molecule has 0 aliphatic heterocycles. The highest BCUT2D eigenvalue weighted by Gasteiger charge is 2.25. The Kier molecular flexibility index (Phi) is 3.89. The molecule has 1 unspecified atom stereocenters. The van der Waals surface area contributed by atoms with Crippen LogP contribution < -0.4 is 9.46 Å². The maximum atomic E-state index is 11.7. The molecule has 16 heavy (non-hydrogen) atoms. The summed E-state index contributed by atoms with van der Waals surface area (Å²) in [5.74, 6) is -1.03. The zero-order valence-electron chi connectivity index (χ0n) is 8.63. The molecule has 1 aromatic heterocycles. The lowest BCUT2D eigenvalue weighted by molar-refractivity contribution is -0.138. The summed E-state index contributed by atoms with van der Waals surface area (Å²) >= 11 is 0.966. The Balaban J connectivity index is 2.99. The summed E-state index contributed by atoms with van der Waals surface area (Å²) in [6, 6.07) is 0.321. The molecule has 0 saturated heterocycles. The number of ether oxygens (including phenoxy) is 1. The van der Waals surface area contributed by atoms with Crippen LogP contribution in [0.1, 0.15) is 6.92 Å². The third-order valence-corrected chi connectivity index (χ3v) is 4.75. The first-order valence-electron chi connectivity index (χ1n) is 4.25. The summed E-state index contributed by atoms with van der Waals surface area (Å²) in [5.41, 5.74) is 0. The molecule has 0 aliphatic rings. The second-order valence-corrected chi connectivity index (χ2v) is 5.78. The Morgan fingerprint density at radius 1 is 1.62 bits per heavy atom. The first-order valence-corrected chi connectivity index (χ1v) is 6.61. The molecule has 1 atom stereocenters. The van der Waals surface area contributed by atoms with Crippen LogP contribution in [0.5, 0.6) is 5.75 Å². The van der Waals surface area contributed by atoms with Gasteiger partial charge in [-0.25, -0.2) is 8.42 Å². The molecule has 90 valence electrons. The minimum absolute atomic E-state index is 0.0249. The quantitative estimate of drug-likeness (QED) is 0.809. The molecule has 0 aliphatic carbocycles. The summed E-state index contributed by atoms with van der Waals surface area (Å²) in [4.78, 5) is 10.5. The van der Waals surface area contributed by atoms with Gasteiger partial charge in [0.25, 0.3) is 10.0 Å². The van der Waals surface area contributed by atoms with Crippen LogP contribution in [0.4, 0.5) is 0 Å². The Bertz CT molecular complexity index is 478. The maximum Gasteiger partial charge on any atom is 0.321 e. The lowest BCUT2D eigenvalue weighted by Crippen LogP contribution is -2.38. The van der Waals surface area contributed by atoms with Gasteiger partial charge in [0.05, 0.1) is 7.11 Å². The van der Waals surface area contributed by atoms with Crippen molar-refractivity contribution in [2.24, 2.45) is 0 Å². The molecule has 1 aromatic rings. The number of thiophene rings is 1. The normalized spacial score (nSPS) is 13.4. The predicted octanol–water partition coefficient (Wildman–Crippen LogP) is 0.508. The van der Waals surface area contributed by atoms with E-state index in [1.165, 1.54) is 20.1 Å². The molecule has 1 rings (SSSR count). The van der Waals surface area contributed by atoms with Gasteiger partial charge in [-0.2, -0.15) is 4.72 Å². The molecule has 0 amide bonds. The van der Waals surface area contributed by atoms with Crippen molar-refractivity contribution in [3.63, 3.8) is 0 Å². The van der Waals surface area contributed by atoms with Gasteiger partial charge in [-0.15, -0.1) is 11.3 Å². The topological polar surface area (TPSA) is 92.7 Å². The van der Waals surface area contributed by atoms with E-state index >= 15 is 0 Å². The molecular formula is C8H11NO5S2. The van der Waals surface area contributed by atoms with Crippen molar-refractivity contribution in [1.82, 2.24) is 4.72 Å². The van der Waals surface area contributed by atoms with Crippen LogP contribution in [-0.2, 0) is 14.8 Å². The molecule has 0 radical (unpaired) electrons. The van der Waals surface area contributed by atoms with Crippen molar-refractivity contribution in [3.05, 3.63) is 11.4 Å². The summed E-state index contributed by atoms with van der Waals surface area (Å²) in [6.07, 6.45) is 0. The minimum atomic E-state index is -3.84. The largest absolute Gasteiger partial charge is 0.494 e. The molecule has 2 N–H and O–H groups in total. The van der Waals surface area contributed by atoms with E-state index in [9.17, 15) is 13.2 Å². The first kappa shape index (κ1) is 12.9. The van der Waals surface area contributed by atoms with Crippen molar-refractivity contribution in [2.45, 2.75) is 17.2 Å². The monoisotopic (exact) mass is 265 g/mol. The number of rotatable bonds is 5. The highest BCUT2D eigenvalue weighted by molar-refractivity contribution is 7.91. The van der Waals surface area contributed by atoms with Gasteiger partial charge >= 0.3 is 5.97 Å². The van der Waals surface area contributed by atoms with E-state index in [0.29, 0.717) is 0 Å². The number of hydrogen-bond acceptors (Lipinski definition) is 5. The van der Waals surface area contributed by atoms with E-state index in [2.05, 4.69) is 0 Å². The smallest absolute Gasteiger partial charge is 0.321 e. The third-order valence-electron chi connectivity index (χ3n) is 1.76. The van der Waals surface area contributed by atoms with Crippen LogP contribution in [0.3, 0.4) is 0 Å². The van der Waals surface area contributed by atoms with E-state index in [-0.39, 0.29) is 9.96 Å². The summed E-state index contributed by atoms with van der Waals surface area (Å²) in [7, 11) is -2.49. The number of aliphatic carboxylic acids is 1. The highest BCUT2D eigenvalue weighted by atomic mass is 32.2. The molecule has 0 fully saturated rings. The van der Waals surface area contributed by atoms with Crippen molar-refractivity contribution < 1.29 is 23.1 Å². The predicted molar refractivity (Wildman–Crippen MR) is 58.3 cm³/mol. The molecule has 0 aromatic carbocycles. The first-order chi connectivity index (χ1) is 7.38. The van der Waals surface area contributed by atoms with Crippen molar-refractivity contribution in [2.75, 3.05) is 7.11 Å². The second kappa shape index (κ2) is 4.81. The molecule has 0 bridgehead atoms. The zero-order valence-corrected chi connectivity index (χ0v) is 10.3. The summed E-state index contributed by atoms with van der Waals surface area (Å²) in [6.45, 7) is 1.25. The summed E-state index contributed by atoms with van der Waals surface area (Å²) in [5, 5.41) is 10.2. The average molecular weight is 265 g/mol. The van der Waals surface area contributed by atoms with Gasteiger partial charge in [0, 0.05) is 0 Å². The third kappa shape index (κ3) is 2.71. The molecular weight excluding hydrogens is 254 g/mol. The van der Waals surface area contributed by atoms with E-state index in [1.54, 1.807) is 5.38 Å². The van der Waals surface area contributed by atoms with Gasteiger partial charge in [0.2, 0.25) is 0 Å². The molecule has 8 heteroatoms. The van der Waals surface area contributed by atoms with Gasteiger partial charge < -0.3 is 9.84 Å². The maximum absolute atomic E-state index is 11.7. The van der Waals surface area contributed by atoms with Crippen LogP contribution in [0.2, 0.25) is 0 Å². The van der Waals surface area contributed by atoms with Gasteiger partial charge in [-0.05, 0) is 18.4 Å². The van der Waals surface area contributed by atoms with Crippen LogP contribution >= 0.6 is 11.3 Å². The number of carboxylic acids is 1. The van der Waals surface area contributed by atoms with E-state index < -0.39 is 22.0 Å². The Morgan fingerprint density at radius 2 is 2.25 bits per heavy atom. The van der Waals surface area contributed by atoms with Crippen LogP contribution in [0.15, 0.2) is 15.7 Å². The number of carboxylic acid groups (broad SMARTS) is 1. The van der Waals surface area contributed by atoms with Crippen LogP contribution in [0.25, 0.3) is 0 Å². The Morgan fingerprint density at radius 3 is 2.75 bits per heavy atom. The average Bonchev–Trinajstić information content (AvgIpc) is 2.64. The number of methoxy groups -OCH3 is 1. The van der Waals surface area contributed by atoms with E-state index in [1.807, 2.05) is 4.72 Å². The van der Waals surface area contributed by atoms with E-state index in [4.69, 9.17) is 9.84 Å². The fourth-order valence-corrected chi connectivity index (χ4v) is 3.46. The fraction of sp³-hybridized carbons (Fsp3) is 0.375. The van der Waals surface area contributed by atoms with Gasteiger partial charge in [-0.1, -0.05) is 0 Å². The molecule has 1 heterocycles. The number of sulfonamides is 1. The Hall–Kier alpha value is -1.12. The molecule has 6 nitrogen and oxygen atoms in total. The second-order valence-electron chi connectivity index (χ2n) is 2.96. The summed E-state index contributed by atoms with van der Waals surface area (Å²) < 4.78 is 30.4. The highest BCUT2D eigenvalue weighted by Crippen LogP contribution is 2.29. The lowest BCUT2D eigenvalue weighted by atomic mass is 10.4. The van der Waals surface area contributed by atoms with Gasteiger partial charge in [-0.3, -0.25) is 4.79 Å². The standard InChI is InChI=1S/C8H11NO5S2/c1-5(7(10)11)9-16(12,13)8-6(14-2)3-4-15-8/h3-5,9H,1-2H3,(H,10,11). The fourth-order valence-electron chi connectivity index (χ4n) is 0.968. The minimum Gasteiger partial charge on any atom is -0.494 e.